The van der Waals surface area contributed by atoms with Gasteiger partial charge in [-0.1, -0.05) is 17.4 Å². The van der Waals surface area contributed by atoms with Crippen LogP contribution in [0.5, 0.6) is 16.7 Å². The van der Waals surface area contributed by atoms with E-state index < -0.39 is 10.0 Å². The minimum atomic E-state index is -3.17. The fraction of sp³-hybridized carbons (Fsp3) is 0.435. The number of benzene rings is 2. The van der Waals surface area contributed by atoms with Crippen LogP contribution in [0.4, 0.5) is 4.39 Å². The van der Waals surface area contributed by atoms with Crippen LogP contribution in [0, 0.1) is 5.82 Å². The number of rotatable bonds is 8. The Morgan fingerprint density at radius 2 is 1.82 bits per heavy atom. The third-order valence-electron chi connectivity index (χ3n) is 6.26. The van der Waals surface area contributed by atoms with Crippen LogP contribution in [0.2, 0.25) is 0 Å². The Bertz CT molecular complexity index is 1220. The highest BCUT2D eigenvalue weighted by molar-refractivity contribution is 7.88. The number of hydrogen-bond donors (Lipinski definition) is 1. The summed E-state index contributed by atoms with van der Waals surface area (Å²) in [5.74, 6) is 1.06. The molecule has 0 amide bonds. The zero-order valence-electron chi connectivity index (χ0n) is 18.2. The molecule has 2 bridgehead atoms. The van der Waals surface area contributed by atoms with E-state index in [-0.39, 0.29) is 11.9 Å². The number of nitrogens with zero attached hydrogens (tertiary/aromatic N) is 2. The Kier molecular flexibility index (Phi) is 6.26. The van der Waals surface area contributed by atoms with E-state index in [1.165, 1.54) is 23.7 Å². The summed E-state index contributed by atoms with van der Waals surface area (Å²) in [4.78, 5) is 6.78. The zero-order chi connectivity index (χ0) is 23.0. The van der Waals surface area contributed by atoms with E-state index in [1.807, 2.05) is 24.3 Å². The number of sulfonamides is 1. The molecular formula is C23H26FN3O4S2. The molecule has 1 N–H and O–H groups in total. The van der Waals surface area contributed by atoms with Crippen molar-refractivity contribution in [2.45, 2.75) is 43.8 Å². The molecule has 2 aromatic carbocycles. The molecule has 33 heavy (non-hydrogen) atoms. The third-order valence-corrected chi connectivity index (χ3v) is 7.98. The van der Waals surface area contributed by atoms with Crippen molar-refractivity contribution in [3.8, 4) is 16.7 Å². The number of halogens is 1. The second-order valence-electron chi connectivity index (χ2n) is 8.67. The first-order valence-corrected chi connectivity index (χ1v) is 13.7. The minimum absolute atomic E-state index is 0.0362. The first-order chi connectivity index (χ1) is 15.8. The minimum Gasteiger partial charge on any atom is -0.492 e. The second-order valence-corrected chi connectivity index (χ2v) is 11.4. The van der Waals surface area contributed by atoms with Gasteiger partial charge in [-0.3, -0.25) is 4.90 Å². The normalized spacial score (nSPS) is 23.2. The molecule has 3 aromatic rings. The molecular weight excluding hydrogens is 465 g/mol. The topological polar surface area (TPSA) is 80.8 Å². The van der Waals surface area contributed by atoms with Gasteiger partial charge in [-0.05, 0) is 62.1 Å². The van der Waals surface area contributed by atoms with Gasteiger partial charge in [0.2, 0.25) is 10.0 Å². The smallest absolute Gasteiger partial charge is 0.279 e. The molecule has 0 saturated carbocycles. The maximum absolute atomic E-state index is 13.8. The molecule has 1 aromatic heterocycles. The van der Waals surface area contributed by atoms with Crippen LogP contribution in [0.3, 0.4) is 0 Å². The Morgan fingerprint density at radius 1 is 1.12 bits per heavy atom. The zero-order valence-corrected chi connectivity index (χ0v) is 19.9. The number of thiazole rings is 1. The number of fused-ring (bicyclic) bond motifs is 3. The molecule has 2 aliphatic rings. The lowest BCUT2D eigenvalue weighted by Crippen LogP contribution is -2.51. The van der Waals surface area contributed by atoms with Gasteiger partial charge >= 0.3 is 0 Å². The van der Waals surface area contributed by atoms with Crippen molar-refractivity contribution >= 4 is 31.6 Å². The average Bonchev–Trinajstić information content (AvgIpc) is 3.27. The summed E-state index contributed by atoms with van der Waals surface area (Å²) < 4.78 is 51.9. The number of ether oxygens (including phenoxy) is 2. The Balaban J connectivity index is 1.12. The lowest BCUT2D eigenvalue weighted by molar-refractivity contribution is 0.103. The van der Waals surface area contributed by atoms with Crippen LogP contribution in [-0.4, -0.2) is 55.8 Å². The van der Waals surface area contributed by atoms with Gasteiger partial charge in [-0.15, -0.1) is 0 Å². The molecule has 5 rings (SSSR count). The number of piperidine rings is 1. The van der Waals surface area contributed by atoms with E-state index in [4.69, 9.17) is 9.47 Å². The van der Waals surface area contributed by atoms with E-state index >= 15 is 0 Å². The molecule has 10 heteroatoms. The molecule has 7 nitrogen and oxygen atoms in total. The van der Waals surface area contributed by atoms with E-state index in [0.717, 1.165) is 38.0 Å². The van der Waals surface area contributed by atoms with Crippen LogP contribution in [0.1, 0.15) is 25.7 Å². The van der Waals surface area contributed by atoms with Crippen molar-refractivity contribution in [1.29, 1.82) is 0 Å². The standard InChI is InChI=1S/C23H26FN3O4S2/c1-33(28,29)26-15-13-16-5-6-17(14-15)27(16)11-12-30-18-7-9-19(10-8-18)31-23-25-21-4-2-3-20(24)22(21)32-23/h2-4,7-10,15-17,26H,5-6,11-14H2,1H3/t15-,16-,17+. The van der Waals surface area contributed by atoms with Crippen LogP contribution in [0.15, 0.2) is 42.5 Å². The van der Waals surface area contributed by atoms with Gasteiger partial charge in [0.25, 0.3) is 5.19 Å². The monoisotopic (exact) mass is 491 g/mol. The van der Waals surface area contributed by atoms with E-state index in [0.29, 0.717) is 39.9 Å². The largest absolute Gasteiger partial charge is 0.492 e. The third kappa shape index (κ3) is 5.29. The molecule has 0 unspecified atom stereocenters. The SMILES string of the molecule is CS(=O)(=O)N[C@@H]1C[C@H]2CC[C@@H](C1)N2CCOc1ccc(Oc2nc3cccc(F)c3s2)cc1. The van der Waals surface area contributed by atoms with Gasteiger partial charge in [-0.25, -0.2) is 22.5 Å². The predicted molar refractivity (Wildman–Crippen MR) is 126 cm³/mol. The predicted octanol–water partition coefficient (Wildman–Crippen LogP) is 4.15. The first-order valence-electron chi connectivity index (χ1n) is 11.0. The summed E-state index contributed by atoms with van der Waals surface area (Å²) in [5.41, 5.74) is 0.583. The quantitative estimate of drug-likeness (QED) is 0.510. The Morgan fingerprint density at radius 3 is 2.48 bits per heavy atom. The van der Waals surface area contributed by atoms with Gasteiger partial charge in [0, 0.05) is 24.7 Å². The van der Waals surface area contributed by atoms with Gasteiger partial charge in [0.05, 0.1) is 16.5 Å². The Labute approximate surface area is 196 Å². The van der Waals surface area contributed by atoms with Gasteiger partial charge in [0.1, 0.15) is 23.9 Å². The summed E-state index contributed by atoms with van der Waals surface area (Å²) in [7, 11) is -3.17. The molecule has 2 saturated heterocycles. The summed E-state index contributed by atoms with van der Waals surface area (Å²) in [6, 6.07) is 13.0. The molecule has 2 fully saturated rings. The molecule has 3 atom stereocenters. The number of aromatic nitrogens is 1. The highest BCUT2D eigenvalue weighted by Gasteiger charge is 2.41. The molecule has 0 aliphatic carbocycles. The van der Waals surface area contributed by atoms with Crippen molar-refractivity contribution in [3.05, 3.63) is 48.3 Å². The molecule has 0 radical (unpaired) electrons. The van der Waals surface area contributed by atoms with Crippen molar-refractivity contribution in [2.75, 3.05) is 19.4 Å². The Hall–Kier alpha value is -2.27. The van der Waals surface area contributed by atoms with E-state index in [2.05, 4.69) is 14.6 Å². The summed E-state index contributed by atoms with van der Waals surface area (Å²) in [6.07, 6.45) is 5.14. The van der Waals surface area contributed by atoms with E-state index in [1.54, 1.807) is 12.1 Å². The van der Waals surface area contributed by atoms with E-state index in [9.17, 15) is 12.8 Å². The van der Waals surface area contributed by atoms with Crippen molar-refractivity contribution in [1.82, 2.24) is 14.6 Å². The van der Waals surface area contributed by atoms with Crippen molar-refractivity contribution in [3.63, 3.8) is 0 Å². The fourth-order valence-electron chi connectivity index (χ4n) is 4.95. The average molecular weight is 492 g/mol. The van der Waals surface area contributed by atoms with Gasteiger partial charge in [-0.2, -0.15) is 0 Å². The molecule has 0 spiro atoms. The number of nitrogens with one attached hydrogen (secondary N) is 1. The fourth-order valence-corrected chi connectivity index (χ4v) is 6.59. The summed E-state index contributed by atoms with van der Waals surface area (Å²) >= 11 is 1.18. The molecule has 3 heterocycles. The lowest BCUT2D eigenvalue weighted by atomic mass is 9.98. The first kappa shape index (κ1) is 22.5. The van der Waals surface area contributed by atoms with Crippen LogP contribution >= 0.6 is 11.3 Å². The van der Waals surface area contributed by atoms with Crippen LogP contribution in [0.25, 0.3) is 10.2 Å². The maximum Gasteiger partial charge on any atom is 0.279 e. The van der Waals surface area contributed by atoms with Crippen molar-refractivity contribution in [2.24, 2.45) is 0 Å². The van der Waals surface area contributed by atoms with Gasteiger partial charge in [0.15, 0.2) is 0 Å². The number of hydrogen-bond acceptors (Lipinski definition) is 7. The molecule has 176 valence electrons. The molecule has 2 aliphatic heterocycles. The highest BCUT2D eigenvalue weighted by Crippen LogP contribution is 2.36. The summed E-state index contributed by atoms with van der Waals surface area (Å²) in [5, 5.41) is 0.396. The van der Waals surface area contributed by atoms with Crippen molar-refractivity contribution < 1.29 is 22.3 Å². The lowest BCUT2D eigenvalue weighted by Gasteiger charge is -2.38. The highest BCUT2D eigenvalue weighted by atomic mass is 32.2. The summed E-state index contributed by atoms with van der Waals surface area (Å²) in [6.45, 7) is 1.38. The van der Waals surface area contributed by atoms with Crippen LogP contribution < -0.4 is 14.2 Å². The second kappa shape index (κ2) is 9.17. The van der Waals surface area contributed by atoms with Gasteiger partial charge < -0.3 is 9.47 Å². The maximum atomic E-state index is 13.8. The van der Waals surface area contributed by atoms with Crippen LogP contribution in [-0.2, 0) is 10.0 Å².